The molecule has 0 spiro atoms. The van der Waals surface area contributed by atoms with Crippen molar-refractivity contribution in [1.29, 1.82) is 0 Å². The third-order valence-corrected chi connectivity index (χ3v) is 5.53. The molecule has 2 heterocycles. The summed E-state index contributed by atoms with van der Waals surface area (Å²) in [6.07, 6.45) is 2.70. The van der Waals surface area contributed by atoms with Crippen LogP contribution in [0.15, 0.2) is 36.5 Å². The Kier molecular flexibility index (Phi) is 8.15. The van der Waals surface area contributed by atoms with E-state index >= 15 is 0 Å². The minimum absolute atomic E-state index is 0.0143. The van der Waals surface area contributed by atoms with Crippen molar-refractivity contribution in [2.45, 2.75) is 58.1 Å². The van der Waals surface area contributed by atoms with Gasteiger partial charge in [-0.2, -0.15) is 0 Å². The highest BCUT2D eigenvalue weighted by molar-refractivity contribution is 6.30. The van der Waals surface area contributed by atoms with Crippen LogP contribution in [-0.2, 0) is 22.4 Å². The lowest BCUT2D eigenvalue weighted by atomic mass is 10.0. The second-order valence-electron chi connectivity index (χ2n) is 9.45. The number of amides is 2. The largest absolute Gasteiger partial charge is 0.508 e. The van der Waals surface area contributed by atoms with Gasteiger partial charge in [-0.25, -0.2) is 4.79 Å². The highest BCUT2D eigenvalue weighted by atomic mass is 35.5. The van der Waals surface area contributed by atoms with Gasteiger partial charge in [0.25, 0.3) is 5.91 Å². The summed E-state index contributed by atoms with van der Waals surface area (Å²) in [6, 6.07) is 7.61. The van der Waals surface area contributed by atoms with E-state index in [1.54, 1.807) is 29.2 Å². The molecular weight excluding hydrogens is 458 g/mol. The molecule has 1 aliphatic rings. The number of phenolic OH excluding ortho intramolecular Hbond substituents is 1. The van der Waals surface area contributed by atoms with Gasteiger partial charge >= 0.3 is 6.09 Å². The summed E-state index contributed by atoms with van der Waals surface area (Å²) in [4.78, 5) is 43.4. The van der Waals surface area contributed by atoms with Crippen molar-refractivity contribution in [3.8, 4) is 5.75 Å². The number of carbonyl (C=O) groups excluding carboxylic acids is 3. The van der Waals surface area contributed by atoms with Gasteiger partial charge in [-0.3, -0.25) is 14.6 Å². The summed E-state index contributed by atoms with van der Waals surface area (Å²) >= 11 is 5.95. The molecule has 1 aliphatic heterocycles. The Morgan fingerprint density at radius 3 is 2.71 bits per heavy atom. The number of hydrogen-bond acceptors (Lipinski definition) is 6. The number of piperidine rings is 1. The number of nitrogens with zero attached hydrogens (tertiary/aromatic N) is 2. The number of pyridine rings is 1. The average Bonchev–Trinajstić information content (AvgIpc) is 2.75. The van der Waals surface area contributed by atoms with Crippen molar-refractivity contribution < 1.29 is 24.2 Å². The number of ketones is 1. The van der Waals surface area contributed by atoms with Crippen LogP contribution in [0, 0.1) is 0 Å². The first kappa shape index (κ1) is 25.5. The minimum atomic E-state index is -0.583. The van der Waals surface area contributed by atoms with Crippen LogP contribution in [0.4, 0.5) is 4.79 Å². The molecule has 0 radical (unpaired) electrons. The van der Waals surface area contributed by atoms with Crippen molar-refractivity contribution in [2.75, 3.05) is 13.1 Å². The number of aromatic hydroxyl groups is 1. The number of benzene rings is 1. The number of Topliss-reactive ketones (excluding diaryl/α,β-unsaturated/α-hetero) is 1. The first-order chi connectivity index (χ1) is 16.0. The first-order valence-corrected chi connectivity index (χ1v) is 11.6. The van der Waals surface area contributed by atoms with Gasteiger partial charge in [0.05, 0.1) is 0 Å². The molecule has 182 valence electrons. The second kappa shape index (κ2) is 10.9. The fraction of sp³-hybridized carbons (Fsp3) is 0.440. The molecule has 34 heavy (non-hydrogen) atoms. The summed E-state index contributed by atoms with van der Waals surface area (Å²) in [6.45, 7) is 6.39. The maximum Gasteiger partial charge on any atom is 0.410 e. The quantitative estimate of drug-likeness (QED) is 0.639. The normalized spacial score (nSPS) is 16.1. The van der Waals surface area contributed by atoms with Crippen LogP contribution in [0.1, 0.15) is 55.2 Å². The Morgan fingerprint density at radius 2 is 1.97 bits per heavy atom. The van der Waals surface area contributed by atoms with Crippen LogP contribution in [-0.4, -0.2) is 57.5 Å². The molecule has 1 fully saturated rings. The Balaban J connectivity index is 1.58. The predicted octanol–water partition coefficient (Wildman–Crippen LogP) is 3.92. The second-order valence-corrected chi connectivity index (χ2v) is 9.89. The lowest BCUT2D eigenvalue weighted by molar-refractivity contribution is -0.117. The highest BCUT2D eigenvalue weighted by Crippen LogP contribution is 2.22. The molecule has 2 N–H and O–H groups in total. The maximum absolute atomic E-state index is 12.8. The van der Waals surface area contributed by atoms with Gasteiger partial charge in [-0.1, -0.05) is 11.6 Å². The standard InChI is InChI=1S/C25H30ClN3O5/c1-25(2,3)34-24(33)29-10-4-5-19(15-29)28-23(32)21-12-16(8-9-27-21)11-20(30)14-17-13-18(26)6-7-22(17)31/h6-9,12-13,19,31H,4-5,10-11,14-15H2,1-3H3,(H,28,32). The molecule has 1 atom stereocenters. The number of aromatic nitrogens is 1. The Bertz CT molecular complexity index is 1070. The van der Waals surface area contributed by atoms with Gasteiger partial charge in [0, 0.05) is 48.8 Å². The van der Waals surface area contributed by atoms with E-state index in [0.717, 1.165) is 12.8 Å². The Labute approximate surface area is 204 Å². The molecule has 0 aliphatic carbocycles. The highest BCUT2D eigenvalue weighted by Gasteiger charge is 2.28. The summed E-state index contributed by atoms with van der Waals surface area (Å²) in [7, 11) is 0. The molecule has 1 aromatic carbocycles. The predicted molar refractivity (Wildman–Crippen MR) is 128 cm³/mol. The van der Waals surface area contributed by atoms with Crippen LogP contribution in [0.2, 0.25) is 5.02 Å². The lowest BCUT2D eigenvalue weighted by Gasteiger charge is -2.34. The molecule has 9 heteroatoms. The van der Waals surface area contributed by atoms with E-state index in [1.165, 1.54) is 12.3 Å². The molecule has 1 saturated heterocycles. The van der Waals surface area contributed by atoms with E-state index in [0.29, 0.717) is 29.2 Å². The molecule has 2 aromatic rings. The van der Waals surface area contributed by atoms with E-state index in [9.17, 15) is 19.5 Å². The zero-order chi connectivity index (χ0) is 24.9. The number of ether oxygens (including phenoxy) is 1. The number of halogens is 1. The number of carbonyl (C=O) groups is 3. The molecule has 8 nitrogen and oxygen atoms in total. The lowest BCUT2D eigenvalue weighted by Crippen LogP contribution is -2.50. The number of hydrogen-bond donors (Lipinski definition) is 2. The van der Waals surface area contributed by atoms with E-state index in [-0.39, 0.29) is 42.0 Å². The van der Waals surface area contributed by atoms with E-state index < -0.39 is 11.7 Å². The minimum Gasteiger partial charge on any atom is -0.508 e. The molecule has 1 unspecified atom stereocenters. The SMILES string of the molecule is CC(C)(C)OC(=O)N1CCCC(NC(=O)c2cc(CC(=O)Cc3cc(Cl)ccc3O)ccn2)C1. The molecular formula is C25H30ClN3O5. The summed E-state index contributed by atoms with van der Waals surface area (Å²) in [5, 5.41) is 13.3. The van der Waals surface area contributed by atoms with Crippen LogP contribution >= 0.6 is 11.6 Å². The topological polar surface area (TPSA) is 109 Å². The van der Waals surface area contributed by atoms with Crippen molar-refractivity contribution in [2.24, 2.45) is 0 Å². The molecule has 0 saturated carbocycles. The summed E-state index contributed by atoms with van der Waals surface area (Å²) in [5.74, 6) is -0.478. The number of rotatable bonds is 6. The van der Waals surface area contributed by atoms with E-state index in [1.807, 2.05) is 20.8 Å². The van der Waals surface area contributed by atoms with E-state index in [4.69, 9.17) is 16.3 Å². The molecule has 1 aromatic heterocycles. The molecule has 3 rings (SSSR count). The average molecular weight is 488 g/mol. The van der Waals surface area contributed by atoms with Gasteiger partial charge in [-0.05, 0) is 69.5 Å². The summed E-state index contributed by atoms with van der Waals surface area (Å²) in [5.41, 5.74) is 0.716. The van der Waals surface area contributed by atoms with Gasteiger partial charge in [0.1, 0.15) is 22.8 Å². The van der Waals surface area contributed by atoms with Crippen LogP contribution in [0.5, 0.6) is 5.75 Å². The zero-order valence-electron chi connectivity index (χ0n) is 19.6. The third-order valence-electron chi connectivity index (χ3n) is 5.30. The van der Waals surface area contributed by atoms with Gasteiger partial charge in [0.2, 0.25) is 0 Å². The van der Waals surface area contributed by atoms with Crippen molar-refractivity contribution in [1.82, 2.24) is 15.2 Å². The smallest absolute Gasteiger partial charge is 0.410 e. The van der Waals surface area contributed by atoms with Crippen LogP contribution < -0.4 is 5.32 Å². The molecule has 2 amide bonds. The fourth-order valence-corrected chi connectivity index (χ4v) is 3.95. The van der Waals surface area contributed by atoms with Crippen LogP contribution in [0.25, 0.3) is 0 Å². The Morgan fingerprint density at radius 1 is 1.21 bits per heavy atom. The zero-order valence-corrected chi connectivity index (χ0v) is 20.4. The van der Waals surface area contributed by atoms with Crippen molar-refractivity contribution in [3.63, 3.8) is 0 Å². The van der Waals surface area contributed by atoms with Crippen molar-refractivity contribution >= 4 is 29.4 Å². The van der Waals surface area contributed by atoms with Gasteiger partial charge in [-0.15, -0.1) is 0 Å². The number of likely N-dealkylation sites (tertiary alicyclic amines) is 1. The Hall–Kier alpha value is -3.13. The fourth-order valence-electron chi connectivity index (χ4n) is 3.75. The number of nitrogens with one attached hydrogen (secondary N) is 1. The van der Waals surface area contributed by atoms with Crippen molar-refractivity contribution in [3.05, 3.63) is 58.4 Å². The first-order valence-electron chi connectivity index (χ1n) is 11.2. The third kappa shape index (κ3) is 7.45. The maximum atomic E-state index is 12.8. The van der Waals surface area contributed by atoms with Gasteiger partial charge in [0.15, 0.2) is 0 Å². The van der Waals surface area contributed by atoms with E-state index in [2.05, 4.69) is 10.3 Å². The molecule has 0 bridgehead atoms. The summed E-state index contributed by atoms with van der Waals surface area (Å²) < 4.78 is 5.43. The van der Waals surface area contributed by atoms with Gasteiger partial charge < -0.3 is 20.1 Å². The monoisotopic (exact) mass is 487 g/mol. The number of phenols is 1. The van der Waals surface area contributed by atoms with Crippen LogP contribution in [0.3, 0.4) is 0 Å².